The number of amides is 1. The molecule has 1 aliphatic heterocycles. The molecule has 5 nitrogen and oxygen atoms in total. The zero-order valence-corrected chi connectivity index (χ0v) is 16.5. The van der Waals surface area contributed by atoms with Gasteiger partial charge in [-0.2, -0.15) is 0 Å². The van der Waals surface area contributed by atoms with Crippen LogP contribution in [0.5, 0.6) is 0 Å². The number of sulfonamides is 1. The van der Waals surface area contributed by atoms with E-state index < -0.39 is 10.0 Å². The molecule has 0 aromatic heterocycles. The summed E-state index contributed by atoms with van der Waals surface area (Å²) in [6, 6.07) is 12.1. The van der Waals surface area contributed by atoms with Crippen LogP contribution in [-0.4, -0.2) is 26.1 Å². The van der Waals surface area contributed by atoms with Crippen LogP contribution in [0.25, 0.3) is 0 Å². The Labute approximate surface area is 162 Å². The van der Waals surface area contributed by atoms with Crippen LogP contribution in [0, 0.1) is 0 Å². The summed E-state index contributed by atoms with van der Waals surface area (Å²) in [5.74, 6) is -0.103. The Hall–Kier alpha value is -1.54. The van der Waals surface area contributed by atoms with Crippen LogP contribution in [-0.2, 0) is 21.2 Å². The minimum absolute atomic E-state index is 0.103. The largest absolute Gasteiger partial charge is 0.325 e. The number of benzene rings is 2. The fourth-order valence-corrected chi connectivity index (χ4v) is 4.90. The van der Waals surface area contributed by atoms with Gasteiger partial charge in [0, 0.05) is 28.1 Å². The van der Waals surface area contributed by atoms with Gasteiger partial charge in [0.25, 0.3) is 0 Å². The maximum Gasteiger partial charge on any atom is 0.240 e. The molecule has 1 aliphatic rings. The predicted octanol–water partition coefficient (Wildman–Crippen LogP) is 3.68. The molecular formula is C18H19ClN2O3S2. The summed E-state index contributed by atoms with van der Waals surface area (Å²) in [6.45, 7) is 2.25. The quantitative estimate of drug-likeness (QED) is 0.788. The Morgan fingerprint density at radius 2 is 1.96 bits per heavy atom. The summed E-state index contributed by atoms with van der Waals surface area (Å²) >= 11 is 7.41. The van der Waals surface area contributed by atoms with Gasteiger partial charge in [0.05, 0.1) is 10.6 Å². The molecule has 138 valence electrons. The lowest BCUT2D eigenvalue weighted by Crippen LogP contribution is -2.26. The molecule has 8 heteroatoms. The number of hydrogen-bond donors (Lipinski definition) is 2. The third-order valence-electron chi connectivity index (χ3n) is 3.96. The Kier molecular flexibility index (Phi) is 5.92. The van der Waals surface area contributed by atoms with E-state index in [9.17, 15) is 13.2 Å². The van der Waals surface area contributed by atoms with Crippen molar-refractivity contribution in [3.63, 3.8) is 0 Å². The van der Waals surface area contributed by atoms with Gasteiger partial charge in [0.15, 0.2) is 0 Å². The van der Waals surface area contributed by atoms with Crippen LogP contribution in [0.4, 0.5) is 5.69 Å². The highest BCUT2D eigenvalue weighted by Gasteiger charge is 2.22. The maximum atomic E-state index is 12.5. The van der Waals surface area contributed by atoms with Crippen molar-refractivity contribution in [2.45, 2.75) is 34.8 Å². The highest BCUT2D eigenvalue weighted by molar-refractivity contribution is 8.00. The lowest BCUT2D eigenvalue weighted by atomic mass is 10.2. The smallest absolute Gasteiger partial charge is 0.240 e. The van der Waals surface area contributed by atoms with Gasteiger partial charge in [0.1, 0.15) is 0 Å². The molecule has 1 unspecified atom stereocenters. The van der Waals surface area contributed by atoms with Crippen molar-refractivity contribution < 1.29 is 13.2 Å². The fourth-order valence-electron chi connectivity index (χ4n) is 2.66. The van der Waals surface area contributed by atoms with Crippen LogP contribution < -0.4 is 10.0 Å². The molecule has 0 saturated carbocycles. The Morgan fingerprint density at radius 3 is 2.69 bits per heavy atom. The highest BCUT2D eigenvalue weighted by atomic mass is 35.5. The van der Waals surface area contributed by atoms with Crippen LogP contribution in [0.2, 0.25) is 5.02 Å². The number of thioether (sulfide) groups is 1. The number of fused-ring (bicyclic) bond motifs is 1. The molecule has 26 heavy (non-hydrogen) atoms. The van der Waals surface area contributed by atoms with Crippen LogP contribution in [0.3, 0.4) is 0 Å². The number of carbonyl (C=O) groups is 1. The molecular weight excluding hydrogens is 392 g/mol. The van der Waals surface area contributed by atoms with Crippen molar-refractivity contribution in [3.8, 4) is 0 Å². The topological polar surface area (TPSA) is 75.3 Å². The molecule has 0 fully saturated rings. The first kappa shape index (κ1) is 19.2. The van der Waals surface area contributed by atoms with Gasteiger partial charge in [-0.15, -0.1) is 11.8 Å². The van der Waals surface area contributed by atoms with Crippen molar-refractivity contribution in [1.82, 2.24) is 4.72 Å². The predicted molar refractivity (Wildman–Crippen MR) is 105 cm³/mol. The first-order valence-corrected chi connectivity index (χ1v) is 10.9. The summed E-state index contributed by atoms with van der Waals surface area (Å²) < 4.78 is 27.7. The molecule has 0 aliphatic carbocycles. The summed E-state index contributed by atoms with van der Waals surface area (Å²) in [6.07, 6.45) is 0.964. The molecule has 1 amide bonds. The normalized spacial score (nSPS) is 17.3. The van der Waals surface area contributed by atoms with Gasteiger partial charge < -0.3 is 5.32 Å². The van der Waals surface area contributed by atoms with Gasteiger partial charge in [-0.25, -0.2) is 13.1 Å². The SMILES string of the molecule is CC1CC(=O)Nc2cc(S(=O)(=O)NCCc3ccc(Cl)cc3)ccc2S1. The van der Waals surface area contributed by atoms with Crippen molar-refractivity contribution in [2.75, 3.05) is 11.9 Å². The second-order valence-corrected chi connectivity index (χ2v) is 9.80. The first-order chi connectivity index (χ1) is 12.3. The second kappa shape index (κ2) is 8.00. The Morgan fingerprint density at radius 1 is 1.23 bits per heavy atom. The molecule has 1 atom stereocenters. The van der Waals surface area contributed by atoms with Gasteiger partial charge in [-0.3, -0.25) is 4.79 Å². The van der Waals surface area contributed by atoms with E-state index in [0.717, 1.165) is 10.5 Å². The van der Waals surface area contributed by atoms with Gasteiger partial charge in [0.2, 0.25) is 15.9 Å². The van der Waals surface area contributed by atoms with E-state index >= 15 is 0 Å². The van der Waals surface area contributed by atoms with E-state index in [-0.39, 0.29) is 22.6 Å². The summed E-state index contributed by atoms with van der Waals surface area (Å²) in [5.41, 5.74) is 1.54. The number of nitrogens with one attached hydrogen (secondary N) is 2. The van der Waals surface area contributed by atoms with Gasteiger partial charge in [-0.05, 0) is 42.3 Å². The molecule has 3 rings (SSSR count). The van der Waals surface area contributed by atoms with E-state index in [1.807, 2.05) is 19.1 Å². The third-order valence-corrected chi connectivity index (χ3v) is 6.85. The minimum atomic E-state index is -3.65. The standard InChI is InChI=1S/C18H19ClN2O3S2/c1-12-10-18(22)21-16-11-15(6-7-17(16)25-12)26(23,24)20-9-8-13-2-4-14(19)5-3-13/h2-7,11-12,20H,8-10H2,1H3,(H,21,22). The molecule has 0 radical (unpaired) electrons. The van der Waals surface area contributed by atoms with Gasteiger partial charge in [-0.1, -0.05) is 30.7 Å². The van der Waals surface area contributed by atoms with E-state index in [1.165, 1.54) is 6.07 Å². The third kappa shape index (κ3) is 4.79. The molecule has 2 N–H and O–H groups in total. The van der Waals surface area contributed by atoms with Crippen LogP contribution in [0.1, 0.15) is 18.9 Å². The number of hydrogen-bond acceptors (Lipinski definition) is 4. The average Bonchev–Trinajstić information content (AvgIpc) is 2.72. The van der Waals surface area contributed by atoms with Crippen LogP contribution in [0.15, 0.2) is 52.3 Å². The number of rotatable bonds is 5. The minimum Gasteiger partial charge on any atom is -0.325 e. The first-order valence-electron chi connectivity index (χ1n) is 8.18. The Bertz CT molecular complexity index is 915. The van der Waals surface area contributed by atoms with Crippen LogP contribution >= 0.6 is 23.4 Å². The van der Waals surface area contributed by atoms with Crippen molar-refractivity contribution in [1.29, 1.82) is 0 Å². The zero-order valence-electron chi connectivity index (χ0n) is 14.2. The van der Waals surface area contributed by atoms with E-state index in [1.54, 1.807) is 36.0 Å². The monoisotopic (exact) mass is 410 g/mol. The fraction of sp³-hybridized carbons (Fsp3) is 0.278. The summed E-state index contributed by atoms with van der Waals surface area (Å²) in [5, 5.41) is 3.58. The van der Waals surface area contributed by atoms with E-state index in [4.69, 9.17) is 11.6 Å². The maximum absolute atomic E-state index is 12.5. The molecule has 2 aromatic carbocycles. The molecule has 1 heterocycles. The Balaban J connectivity index is 1.71. The number of anilines is 1. The molecule has 0 saturated heterocycles. The highest BCUT2D eigenvalue weighted by Crippen LogP contribution is 2.36. The van der Waals surface area contributed by atoms with Crippen molar-refractivity contribution in [2.24, 2.45) is 0 Å². The molecule has 0 bridgehead atoms. The number of carbonyl (C=O) groups excluding carboxylic acids is 1. The van der Waals surface area contributed by atoms with Gasteiger partial charge >= 0.3 is 0 Å². The molecule has 0 spiro atoms. The average molecular weight is 411 g/mol. The lowest BCUT2D eigenvalue weighted by molar-refractivity contribution is -0.116. The second-order valence-electron chi connectivity index (χ2n) is 6.11. The number of halogens is 1. The molecule has 2 aromatic rings. The van der Waals surface area contributed by atoms with Crippen molar-refractivity contribution >= 4 is 45.0 Å². The lowest BCUT2D eigenvalue weighted by Gasteiger charge is -2.11. The summed E-state index contributed by atoms with van der Waals surface area (Å²) in [7, 11) is -3.65. The summed E-state index contributed by atoms with van der Waals surface area (Å²) in [4.78, 5) is 12.9. The van der Waals surface area contributed by atoms with E-state index in [2.05, 4.69) is 10.0 Å². The van der Waals surface area contributed by atoms with Crippen molar-refractivity contribution in [3.05, 3.63) is 53.1 Å². The zero-order chi connectivity index (χ0) is 18.7. The van der Waals surface area contributed by atoms with E-state index in [0.29, 0.717) is 23.6 Å².